The van der Waals surface area contributed by atoms with E-state index in [1.807, 2.05) is 57.2 Å². The highest BCUT2D eigenvalue weighted by Gasteiger charge is 2.32. The first-order valence-electron chi connectivity index (χ1n) is 10.7. The number of rotatable bonds is 10. The fraction of sp³-hybridized carbons (Fsp3) is 0.417. The molecular formula is C24H33N3O4S. The zero-order valence-corrected chi connectivity index (χ0v) is 20.3. The normalized spacial score (nSPS) is 12.2. The van der Waals surface area contributed by atoms with Crippen molar-refractivity contribution in [2.24, 2.45) is 0 Å². The predicted octanol–water partition coefficient (Wildman–Crippen LogP) is 2.88. The van der Waals surface area contributed by atoms with Gasteiger partial charge in [0.25, 0.3) is 0 Å². The Morgan fingerprint density at radius 1 is 1.00 bits per heavy atom. The van der Waals surface area contributed by atoms with Gasteiger partial charge in [-0.3, -0.25) is 13.9 Å². The van der Waals surface area contributed by atoms with Gasteiger partial charge in [-0.25, -0.2) is 8.42 Å². The number of nitrogens with zero attached hydrogens (tertiary/aromatic N) is 2. The van der Waals surface area contributed by atoms with Crippen molar-refractivity contribution < 1.29 is 18.0 Å². The minimum atomic E-state index is -3.73. The van der Waals surface area contributed by atoms with Gasteiger partial charge < -0.3 is 10.2 Å². The molecule has 0 spiro atoms. The van der Waals surface area contributed by atoms with Crippen LogP contribution in [0.2, 0.25) is 0 Å². The summed E-state index contributed by atoms with van der Waals surface area (Å²) in [6.45, 7) is 5.54. The van der Waals surface area contributed by atoms with Crippen molar-refractivity contribution in [3.05, 3.63) is 65.2 Å². The Morgan fingerprint density at radius 3 is 2.12 bits per heavy atom. The van der Waals surface area contributed by atoms with E-state index in [4.69, 9.17) is 0 Å². The largest absolute Gasteiger partial charge is 0.357 e. The molecule has 1 N–H and O–H groups in total. The summed E-state index contributed by atoms with van der Waals surface area (Å²) in [6.07, 6.45) is 2.12. The lowest BCUT2D eigenvalue weighted by atomic mass is 10.1. The molecule has 0 bridgehead atoms. The lowest BCUT2D eigenvalue weighted by molar-refractivity contribution is -0.140. The van der Waals surface area contributed by atoms with Gasteiger partial charge in [0.1, 0.15) is 12.6 Å². The molecule has 2 aromatic rings. The molecule has 0 fully saturated rings. The van der Waals surface area contributed by atoms with Gasteiger partial charge in [0.05, 0.1) is 11.9 Å². The zero-order chi connectivity index (χ0) is 23.9. The third-order valence-corrected chi connectivity index (χ3v) is 6.68. The van der Waals surface area contributed by atoms with E-state index in [9.17, 15) is 18.0 Å². The number of nitrogens with one attached hydrogen (secondary N) is 1. The van der Waals surface area contributed by atoms with Crippen LogP contribution in [-0.2, 0) is 32.6 Å². The molecule has 0 aliphatic rings. The van der Waals surface area contributed by atoms with Crippen molar-refractivity contribution >= 4 is 27.5 Å². The summed E-state index contributed by atoms with van der Waals surface area (Å²) in [5.41, 5.74) is 3.21. The number of carbonyl (C=O) groups excluding carboxylic acids is 2. The molecule has 0 heterocycles. The van der Waals surface area contributed by atoms with Crippen LogP contribution in [-0.4, -0.2) is 51.0 Å². The van der Waals surface area contributed by atoms with Gasteiger partial charge in [-0.15, -0.1) is 0 Å². The first-order valence-corrected chi connectivity index (χ1v) is 12.6. The van der Waals surface area contributed by atoms with Gasteiger partial charge >= 0.3 is 0 Å². The molecule has 0 saturated heterocycles. The van der Waals surface area contributed by atoms with Crippen LogP contribution in [0.15, 0.2) is 48.5 Å². The van der Waals surface area contributed by atoms with Gasteiger partial charge in [-0.2, -0.15) is 0 Å². The Kier molecular flexibility index (Phi) is 8.83. The number of carbonyl (C=O) groups is 2. The second-order valence-corrected chi connectivity index (χ2v) is 9.65. The molecule has 2 aromatic carbocycles. The van der Waals surface area contributed by atoms with E-state index in [0.29, 0.717) is 18.5 Å². The average Bonchev–Trinajstić information content (AvgIpc) is 2.77. The van der Waals surface area contributed by atoms with Crippen molar-refractivity contribution in [2.75, 3.05) is 24.2 Å². The summed E-state index contributed by atoms with van der Waals surface area (Å²) in [4.78, 5) is 27.6. The maximum Gasteiger partial charge on any atom is 0.244 e. The van der Waals surface area contributed by atoms with Crippen LogP contribution >= 0.6 is 0 Å². The number of para-hydroxylation sites is 1. The number of benzene rings is 2. The quantitative estimate of drug-likeness (QED) is 0.592. The second-order valence-electron chi connectivity index (χ2n) is 7.74. The minimum Gasteiger partial charge on any atom is -0.357 e. The Balaban J connectivity index is 2.48. The fourth-order valence-electron chi connectivity index (χ4n) is 3.70. The summed E-state index contributed by atoms with van der Waals surface area (Å²) in [5.74, 6) is -0.714. The standard InChI is InChI=1S/C24H33N3O4S/c1-6-19-13-10-11-15-22(19)27(32(5,30)31)17-23(28)26(21(7-2)24(29)25-4)16-20-14-9-8-12-18(20)3/h8-15,21H,6-7,16-17H2,1-5H3,(H,25,29). The van der Waals surface area contributed by atoms with Gasteiger partial charge in [-0.1, -0.05) is 56.3 Å². The first kappa shape index (κ1) is 25.4. The molecule has 0 saturated carbocycles. The van der Waals surface area contributed by atoms with E-state index < -0.39 is 22.0 Å². The van der Waals surface area contributed by atoms with Crippen molar-refractivity contribution in [1.29, 1.82) is 0 Å². The number of amides is 2. The summed E-state index contributed by atoms with van der Waals surface area (Å²) < 4.78 is 26.5. The molecule has 174 valence electrons. The fourth-order valence-corrected chi connectivity index (χ4v) is 4.59. The highest BCUT2D eigenvalue weighted by molar-refractivity contribution is 7.92. The lowest BCUT2D eigenvalue weighted by Gasteiger charge is -2.33. The number of hydrogen-bond acceptors (Lipinski definition) is 4. The van der Waals surface area contributed by atoms with E-state index >= 15 is 0 Å². The number of hydrogen-bond donors (Lipinski definition) is 1. The van der Waals surface area contributed by atoms with Crippen LogP contribution in [0, 0.1) is 6.92 Å². The highest BCUT2D eigenvalue weighted by Crippen LogP contribution is 2.24. The maximum absolute atomic E-state index is 13.5. The average molecular weight is 460 g/mol. The molecule has 1 unspecified atom stereocenters. The van der Waals surface area contributed by atoms with E-state index in [1.165, 1.54) is 11.9 Å². The van der Waals surface area contributed by atoms with Crippen molar-refractivity contribution in [1.82, 2.24) is 10.2 Å². The molecule has 2 amide bonds. The summed E-state index contributed by atoms with van der Waals surface area (Å²) in [5, 5.41) is 2.62. The van der Waals surface area contributed by atoms with Gasteiger partial charge in [-0.05, 0) is 42.5 Å². The Bertz CT molecular complexity index is 1050. The molecule has 0 radical (unpaired) electrons. The Hall–Kier alpha value is -2.87. The zero-order valence-electron chi connectivity index (χ0n) is 19.5. The third-order valence-electron chi connectivity index (χ3n) is 5.55. The molecule has 7 nitrogen and oxygen atoms in total. The van der Waals surface area contributed by atoms with Gasteiger partial charge in [0, 0.05) is 13.6 Å². The number of sulfonamides is 1. The van der Waals surface area contributed by atoms with E-state index in [1.54, 1.807) is 12.1 Å². The molecule has 0 aliphatic heterocycles. The summed E-state index contributed by atoms with van der Waals surface area (Å²) >= 11 is 0. The predicted molar refractivity (Wildman–Crippen MR) is 128 cm³/mol. The van der Waals surface area contributed by atoms with Gasteiger partial charge in [0.15, 0.2) is 0 Å². The van der Waals surface area contributed by atoms with Crippen LogP contribution in [0.5, 0.6) is 0 Å². The SMILES string of the molecule is CCc1ccccc1N(CC(=O)N(Cc1ccccc1C)C(CC)C(=O)NC)S(C)(=O)=O. The topological polar surface area (TPSA) is 86.8 Å². The highest BCUT2D eigenvalue weighted by atomic mass is 32.2. The van der Waals surface area contributed by atoms with Crippen molar-refractivity contribution in [2.45, 2.75) is 46.2 Å². The summed E-state index contributed by atoms with van der Waals surface area (Å²) in [6, 6.07) is 14.1. The van der Waals surface area contributed by atoms with Crippen molar-refractivity contribution in [3.8, 4) is 0 Å². The first-order chi connectivity index (χ1) is 15.1. The Morgan fingerprint density at radius 2 is 1.59 bits per heavy atom. The monoisotopic (exact) mass is 459 g/mol. The lowest BCUT2D eigenvalue weighted by Crippen LogP contribution is -2.51. The maximum atomic E-state index is 13.5. The van der Waals surface area contributed by atoms with E-state index in [-0.39, 0.29) is 19.0 Å². The van der Waals surface area contributed by atoms with Crippen LogP contribution in [0.1, 0.15) is 37.0 Å². The van der Waals surface area contributed by atoms with Gasteiger partial charge in [0.2, 0.25) is 21.8 Å². The van der Waals surface area contributed by atoms with Crippen molar-refractivity contribution in [3.63, 3.8) is 0 Å². The molecule has 1 atom stereocenters. The van der Waals surface area contributed by atoms with Crippen LogP contribution < -0.4 is 9.62 Å². The smallest absolute Gasteiger partial charge is 0.244 e. The molecule has 0 aromatic heterocycles. The molecule has 2 rings (SSSR count). The number of anilines is 1. The molecule has 32 heavy (non-hydrogen) atoms. The minimum absolute atomic E-state index is 0.213. The number of likely N-dealkylation sites (N-methyl/N-ethyl adjacent to an activating group) is 1. The van der Waals surface area contributed by atoms with E-state index in [0.717, 1.165) is 27.3 Å². The third kappa shape index (κ3) is 6.09. The molecule has 0 aliphatic carbocycles. The van der Waals surface area contributed by atoms with E-state index in [2.05, 4.69) is 5.32 Å². The number of aryl methyl sites for hydroxylation is 2. The van der Waals surface area contributed by atoms with Crippen LogP contribution in [0.25, 0.3) is 0 Å². The second kappa shape index (κ2) is 11.1. The van der Waals surface area contributed by atoms with Crippen LogP contribution in [0.4, 0.5) is 5.69 Å². The Labute approximate surface area is 191 Å². The molecule has 8 heteroatoms. The molecular weight excluding hydrogens is 426 g/mol. The summed E-state index contributed by atoms with van der Waals surface area (Å²) in [7, 11) is -2.20. The van der Waals surface area contributed by atoms with Crippen LogP contribution in [0.3, 0.4) is 0 Å².